The van der Waals surface area contributed by atoms with Gasteiger partial charge in [0.15, 0.2) is 0 Å². The van der Waals surface area contributed by atoms with Gasteiger partial charge in [-0.05, 0) is 6.42 Å². The van der Waals surface area contributed by atoms with E-state index in [1.165, 1.54) is 6.20 Å². The van der Waals surface area contributed by atoms with E-state index in [4.69, 9.17) is 5.11 Å². The molecule has 0 amide bonds. The van der Waals surface area contributed by atoms with Crippen LogP contribution in [0.1, 0.15) is 18.3 Å². The minimum absolute atomic E-state index is 0.141. The fourth-order valence-electron chi connectivity index (χ4n) is 0.912. The summed E-state index contributed by atoms with van der Waals surface area (Å²) in [6, 6.07) is 0. The highest BCUT2D eigenvalue weighted by molar-refractivity contribution is 4.94. The van der Waals surface area contributed by atoms with E-state index < -0.39 is 12.2 Å². The third-order valence-electron chi connectivity index (χ3n) is 1.59. The number of hydrogen-bond acceptors (Lipinski definition) is 4. The van der Waals surface area contributed by atoms with E-state index in [1.807, 2.05) is 0 Å². The zero-order chi connectivity index (χ0) is 8.97. The first-order valence-electron chi connectivity index (χ1n) is 3.72. The van der Waals surface area contributed by atoms with Crippen LogP contribution in [-0.2, 0) is 0 Å². The lowest BCUT2D eigenvalue weighted by atomic mass is 10.1. The van der Waals surface area contributed by atoms with E-state index >= 15 is 0 Å². The molecule has 1 aromatic rings. The second-order valence-electron chi connectivity index (χ2n) is 2.50. The Hall–Kier alpha value is -0.910. The minimum atomic E-state index is -1.05. The van der Waals surface area contributed by atoms with Crippen LogP contribution in [0.5, 0.6) is 0 Å². The first-order chi connectivity index (χ1) is 5.75. The van der Waals surface area contributed by atoms with Gasteiger partial charge in [0.05, 0.1) is 6.10 Å². The number of nitrogens with zero attached hydrogens (tertiary/aromatic N) is 1. The molecule has 1 heterocycles. The molecule has 2 unspecified atom stereocenters. The first kappa shape index (κ1) is 9.18. The molecule has 2 atom stereocenters. The number of nitrogens with one attached hydrogen (secondary N) is 1. The molecule has 1 rings (SSSR count). The van der Waals surface area contributed by atoms with Crippen molar-refractivity contribution >= 4 is 0 Å². The van der Waals surface area contributed by atoms with Gasteiger partial charge < -0.3 is 20.3 Å². The lowest BCUT2D eigenvalue weighted by molar-refractivity contribution is -0.000146. The second kappa shape index (κ2) is 4.20. The molecule has 5 heteroatoms. The molecule has 0 aliphatic carbocycles. The maximum absolute atomic E-state index is 9.35. The van der Waals surface area contributed by atoms with Crippen molar-refractivity contribution in [3.05, 3.63) is 18.2 Å². The van der Waals surface area contributed by atoms with Crippen molar-refractivity contribution in [2.45, 2.75) is 18.6 Å². The van der Waals surface area contributed by atoms with Crippen molar-refractivity contribution in [3.63, 3.8) is 0 Å². The van der Waals surface area contributed by atoms with Gasteiger partial charge in [0.25, 0.3) is 0 Å². The predicted octanol–water partition coefficient (Wildman–Crippen LogP) is -0.814. The van der Waals surface area contributed by atoms with Crippen LogP contribution < -0.4 is 0 Å². The minimum Gasteiger partial charge on any atom is -0.396 e. The van der Waals surface area contributed by atoms with E-state index in [2.05, 4.69) is 9.97 Å². The molecule has 0 saturated carbocycles. The van der Waals surface area contributed by atoms with Gasteiger partial charge in [-0.3, -0.25) is 0 Å². The number of hydrogen-bond donors (Lipinski definition) is 4. The van der Waals surface area contributed by atoms with Crippen LogP contribution in [0.3, 0.4) is 0 Å². The topological polar surface area (TPSA) is 89.4 Å². The van der Waals surface area contributed by atoms with Crippen molar-refractivity contribution in [1.82, 2.24) is 9.97 Å². The number of aromatic amines is 1. The maximum atomic E-state index is 9.35. The largest absolute Gasteiger partial charge is 0.396 e. The van der Waals surface area contributed by atoms with Crippen molar-refractivity contribution in [2.75, 3.05) is 6.61 Å². The molecule has 0 radical (unpaired) electrons. The second-order valence-corrected chi connectivity index (χ2v) is 2.50. The molecule has 0 aliphatic rings. The number of aliphatic hydroxyl groups is 3. The van der Waals surface area contributed by atoms with Gasteiger partial charge in [0, 0.05) is 19.0 Å². The Kier molecular flexibility index (Phi) is 3.21. The van der Waals surface area contributed by atoms with Crippen LogP contribution in [0.25, 0.3) is 0 Å². The average Bonchev–Trinajstić information content (AvgIpc) is 2.55. The highest BCUT2D eigenvalue weighted by Crippen LogP contribution is 2.13. The Morgan fingerprint density at radius 1 is 1.50 bits per heavy atom. The van der Waals surface area contributed by atoms with E-state index in [1.54, 1.807) is 6.20 Å². The molecule has 5 nitrogen and oxygen atoms in total. The molecule has 0 fully saturated rings. The van der Waals surface area contributed by atoms with E-state index in [-0.39, 0.29) is 13.0 Å². The summed E-state index contributed by atoms with van der Waals surface area (Å²) < 4.78 is 0. The molecule has 4 N–H and O–H groups in total. The summed E-state index contributed by atoms with van der Waals surface area (Å²) >= 11 is 0. The SMILES string of the molecule is OCCC(O)C(O)c1ncc[nH]1. The Labute approximate surface area is 69.7 Å². The van der Waals surface area contributed by atoms with Gasteiger partial charge in [0.2, 0.25) is 0 Å². The number of imidazole rings is 1. The molecule has 0 bridgehead atoms. The van der Waals surface area contributed by atoms with Crippen molar-refractivity contribution in [3.8, 4) is 0 Å². The van der Waals surface area contributed by atoms with Crippen molar-refractivity contribution in [1.29, 1.82) is 0 Å². The zero-order valence-electron chi connectivity index (χ0n) is 6.51. The van der Waals surface area contributed by atoms with Crippen LogP contribution in [0, 0.1) is 0 Å². The third-order valence-corrected chi connectivity index (χ3v) is 1.59. The lowest BCUT2D eigenvalue weighted by Crippen LogP contribution is -2.20. The first-order valence-corrected chi connectivity index (χ1v) is 3.72. The van der Waals surface area contributed by atoms with Gasteiger partial charge >= 0.3 is 0 Å². The van der Waals surface area contributed by atoms with Crippen LogP contribution in [0.15, 0.2) is 12.4 Å². The molecular formula is C7H12N2O3. The molecular weight excluding hydrogens is 160 g/mol. The quantitative estimate of drug-likeness (QED) is 0.478. The Morgan fingerprint density at radius 2 is 2.25 bits per heavy atom. The van der Waals surface area contributed by atoms with Gasteiger partial charge in [0.1, 0.15) is 11.9 Å². The van der Waals surface area contributed by atoms with Gasteiger partial charge in [-0.2, -0.15) is 0 Å². The van der Waals surface area contributed by atoms with Crippen LogP contribution in [-0.4, -0.2) is 38.0 Å². The highest BCUT2D eigenvalue weighted by Gasteiger charge is 2.19. The lowest BCUT2D eigenvalue weighted by Gasteiger charge is -2.13. The number of rotatable bonds is 4. The Balaban J connectivity index is 2.53. The average molecular weight is 172 g/mol. The zero-order valence-corrected chi connectivity index (χ0v) is 6.51. The number of aromatic nitrogens is 2. The predicted molar refractivity (Wildman–Crippen MR) is 41.3 cm³/mol. The Bertz CT molecular complexity index is 212. The molecule has 0 aliphatic heterocycles. The monoisotopic (exact) mass is 172 g/mol. The summed E-state index contributed by atoms with van der Waals surface area (Å²) in [4.78, 5) is 6.45. The molecule has 0 spiro atoms. The van der Waals surface area contributed by atoms with Gasteiger partial charge in [-0.25, -0.2) is 4.98 Å². The van der Waals surface area contributed by atoms with E-state index in [0.29, 0.717) is 5.82 Å². The summed E-state index contributed by atoms with van der Waals surface area (Å²) in [5, 5.41) is 27.1. The summed E-state index contributed by atoms with van der Waals surface area (Å²) in [6.45, 7) is -0.154. The molecule has 12 heavy (non-hydrogen) atoms. The summed E-state index contributed by atoms with van der Waals surface area (Å²) in [7, 11) is 0. The smallest absolute Gasteiger partial charge is 0.137 e. The third kappa shape index (κ3) is 2.04. The highest BCUT2D eigenvalue weighted by atomic mass is 16.3. The molecule has 0 saturated heterocycles. The van der Waals surface area contributed by atoms with E-state index in [0.717, 1.165) is 0 Å². The summed E-state index contributed by atoms with van der Waals surface area (Å²) in [6.07, 6.45) is 1.17. The van der Waals surface area contributed by atoms with Crippen molar-refractivity contribution < 1.29 is 15.3 Å². The maximum Gasteiger partial charge on any atom is 0.137 e. The number of H-pyrrole nitrogens is 1. The normalized spacial score (nSPS) is 15.9. The van der Waals surface area contributed by atoms with Crippen molar-refractivity contribution in [2.24, 2.45) is 0 Å². The van der Waals surface area contributed by atoms with Gasteiger partial charge in [-0.15, -0.1) is 0 Å². The van der Waals surface area contributed by atoms with Crippen LogP contribution >= 0.6 is 0 Å². The number of aliphatic hydroxyl groups excluding tert-OH is 3. The van der Waals surface area contributed by atoms with E-state index in [9.17, 15) is 10.2 Å². The summed E-state index contributed by atoms with van der Waals surface area (Å²) in [5.41, 5.74) is 0. The van der Waals surface area contributed by atoms with Crippen LogP contribution in [0.4, 0.5) is 0 Å². The Morgan fingerprint density at radius 3 is 2.75 bits per heavy atom. The van der Waals surface area contributed by atoms with Crippen LogP contribution in [0.2, 0.25) is 0 Å². The molecule has 0 aromatic carbocycles. The fourth-order valence-corrected chi connectivity index (χ4v) is 0.912. The standard InChI is InChI=1S/C7H12N2O3/c10-4-1-5(11)6(12)7-8-2-3-9-7/h2-3,5-6,10-12H,1,4H2,(H,8,9). The fraction of sp³-hybridized carbons (Fsp3) is 0.571. The molecule has 1 aromatic heterocycles. The molecule has 68 valence electrons. The summed E-state index contributed by atoms with van der Waals surface area (Å²) in [5.74, 6) is 0.316. The van der Waals surface area contributed by atoms with Gasteiger partial charge in [-0.1, -0.05) is 0 Å².